The largest absolute Gasteiger partial charge is 0.497 e. The summed E-state index contributed by atoms with van der Waals surface area (Å²) in [5.74, 6) is 1.38. The third kappa shape index (κ3) is 8.16. The lowest BCUT2D eigenvalue weighted by Crippen LogP contribution is -2.06. The van der Waals surface area contributed by atoms with Crippen molar-refractivity contribution in [3.8, 4) is 23.0 Å². The Kier molecular flexibility index (Phi) is 10.4. The second kappa shape index (κ2) is 14.1. The van der Waals surface area contributed by atoms with Gasteiger partial charge in [0.2, 0.25) is 0 Å². The van der Waals surface area contributed by atoms with E-state index in [2.05, 4.69) is 0 Å². The minimum Gasteiger partial charge on any atom is -0.497 e. The fraction of sp³-hybridized carbons (Fsp3) is 0.200. The van der Waals surface area contributed by atoms with Crippen LogP contribution < -0.4 is 18.9 Å². The topological polar surface area (TPSA) is 89.5 Å². The van der Waals surface area contributed by atoms with E-state index < -0.39 is 11.9 Å². The lowest BCUT2D eigenvalue weighted by atomic mass is 10.1. The Balaban J connectivity index is 1.59. The first-order valence-electron chi connectivity index (χ1n) is 11.7. The molecule has 38 heavy (non-hydrogen) atoms. The average Bonchev–Trinajstić information content (AvgIpc) is 2.97. The van der Waals surface area contributed by atoms with Crippen molar-refractivity contribution in [1.29, 1.82) is 0 Å². The summed E-state index contributed by atoms with van der Waals surface area (Å²) in [5, 5.41) is 0. The molecule has 0 saturated carbocycles. The van der Waals surface area contributed by atoms with Crippen molar-refractivity contribution >= 4 is 24.1 Å². The molecule has 0 heterocycles. The van der Waals surface area contributed by atoms with Gasteiger partial charge in [-0.15, -0.1) is 0 Å². The van der Waals surface area contributed by atoms with Gasteiger partial charge in [0.05, 0.1) is 28.4 Å². The normalized spacial score (nSPS) is 10.8. The highest BCUT2D eigenvalue weighted by molar-refractivity contribution is 5.87. The van der Waals surface area contributed by atoms with Gasteiger partial charge in [-0.3, -0.25) is 0 Å². The van der Waals surface area contributed by atoms with E-state index in [4.69, 9.17) is 28.4 Å². The zero-order valence-corrected chi connectivity index (χ0v) is 21.8. The van der Waals surface area contributed by atoms with E-state index in [1.807, 2.05) is 24.3 Å². The lowest BCUT2D eigenvalue weighted by Gasteiger charge is -2.15. The molecule has 0 bridgehead atoms. The number of carbonyl (C=O) groups is 2. The predicted molar refractivity (Wildman–Crippen MR) is 143 cm³/mol. The Morgan fingerprint density at radius 1 is 0.579 bits per heavy atom. The minimum absolute atomic E-state index is 0.0318. The van der Waals surface area contributed by atoms with E-state index >= 15 is 0 Å². The van der Waals surface area contributed by atoms with Gasteiger partial charge in [0.15, 0.2) is 0 Å². The Bertz CT molecular complexity index is 1170. The highest BCUT2D eigenvalue weighted by atomic mass is 16.5. The van der Waals surface area contributed by atoms with Crippen molar-refractivity contribution in [2.75, 3.05) is 28.4 Å². The molecule has 8 heteroatoms. The van der Waals surface area contributed by atoms with Gasteiger partial charge in [0.25, 0.3) is 0 Å². The number of rotatable bonds is 12. The second-order valence-corrected chi connectivity index (χ2v) is 7.90. The molecule has 0 fully saturated rings. The zero-order valence-electron chi connectivity index (χ0n) is 21.8. The Hall–Kier alpha value is -4.72. The highest BCUT2D eigenvalue weighted by Gasteiger charge is 2.14. The van der Waals surface area contributed by atoms with Crippen molar-refractivity contribution in [2.24, 2.45) is 0 Å². The first kappa shape index (κ1) is 27.9. The monoisotopic (exact) mass is 518 g/mol. The smallest absolute Gasteiger partial charge is 0.331 e. The molecule has 0 aliphatic heterocycles. The maximum atomic E-state index is 12.2. The molecule has 0 radical (unpaired) electrons. The van der Waals surface area contributed by atoms with Crippen molar-refractivity contribution in [3.63, 3.8) is 0 Å². The highest BCUT2D eigenvalue weighted by Crippen LogP contribution is 2.30. The van der Waals surface area contributed by atoms with Gasteiger partial charge >= 0.3 is 11.9 Å². The van der Waals surface area contributed by atoms with Crippen molar-refractivity contribution in [3.05, 3.63) is 95.1 Å². The molecule has 0 atom stereocenters. The SMILES string of the molecule is COc1ccc(C=CC(=O)OCc2cc(OC)c(COC(=O)C=Cc3ccc(OC)cc3)cc2OC)cc1. The van der Waals surface area contributed by atoms with E-state index in [0.29, 0.717) is 22.6 Å². The lowest BCUT2D eigenvalue weighted by molar-refractivity contribution is -0.139. The van der Waals surface area contributed by atoms with Crippen molar-refractivity contribution in [2.45, 2.75) is 13.2 Å². The van der Waals surface area contributed by atoms with Gasteiger partial charge < -0.3 is 28.4 Å². The van der Waals surface area contributed by atoms with Crippen molar-refractivity contribution < 1.29 is 38.0 Å². The third-order valence-corrected chi connectivity index (χ3v) is 5.48. The van der Waals surface area contributed by atoms with Crippen molar-refractivity contribution in [1.82, 2.24) is 0 Å². The molecule has 0 saturated heterocycles. The fourth-order valence-corrected chi connectivity index (χ4v) is 3.40. The summed E-state index contributed by atoms with van der Waals surface area (Å²) < 4.78 is 31.9. The summed E-state index contributed by atoms with van der Waals surface area (Å²) in [6, 6.07) is 17.9. The molecule has 198 valence electrons. The minimum atomic E-state index is -0.511. The maximum absolute atomic E-state index is 12.2. The summed E-state index contributed by atoms with van der Waals surface area (Å²) in [5.41, 5.74) is 2.87. The predicted octanol–water partition coefficient (Wildman–Crippen LogP) is 5.23. The van der Waals surface area contributed by atoms with Gasteiger partial charge in [-0.2, -0.15) is 0 Å². The number of carbonyl (C=O) groups excluding carboxylic acids is 2. The molecule has 0 amide bonds. The van der Waals surface area contributed by atoms with E-state index in [0.717, 1.165) is 22.6 Å². The van der Waals surface area contributed by atoms with Crippen LogP contribution in [-0.2, 0) is 32.3 Å². The summed E-state index contributed by atoms with van der Waals surface area (Å²) in [4.78, 5) is 24.5. The molecule has 0 spiro atoms. The van der Waals surface area contributed by atoms with Crippen LogP contribution >= 0.6 is 0 Å². The molecule has 3 aromatic carbocycles. The molecule has 3 aromatic rings. The van der Waals surface area contributed by atoms with E-state index in [1.165, 1.54) is 26.4 Å². The molecular formula is C30H30O8. The third-order valence-electron chi connectivity index (χ3n) is 5.48. The summed E-state index contributed by atoms with van der Waals surface area (Å²) in [7, 11) is 6.19. The number of ether oxygens (including phenoxy) is 6. The molecule has 3 rings (SSSR count). The van der Waals surface area contributed by atoms with Crippen LogP contribution in [0.4, 0.5) is 0 Å². The molecule has 0 aliphatic rings. The number of hydrogen-bond donors (Lipinski definition) is 0. The molecule has 0 N–H and O–H groups in total. The standard InChI is InChI=1S/C30H30O8/c1-33-25-11-5-21(6-12-25)9-15-29(31)37-19-23-17-28(36-4)24(18-27(23)35-3)20-38-30(32)16-10-22-7-13-26(34-2)14-8-22/h5-18H,19-20H2,1-4H3. The summed E-state index contributed by atoms with van der Waals surface area (Å²) in [6.07, 6.45) is 6.00. The van der Waals surface area contributed by atoms with E-state index in [1.54, 1.807) is 62.8 Å². The fourth-order valence-electron chi connectivity index (χ4n) is 3.40. The Morgan fingerprint density at radius 3 is 1.26 bits per heavy atom. The number of esters is 2. The van der Waals surface area contributed by atoms with Crippen LogP contribution in [0.3, 0.4) is 0 Å². The van der Waals surface area contributed by atoms with Crippen LogP contribution in [0.2, 0.25) is 0 Å². The molecular weight excluding hydrogens is 488 g/mol. The van der Waals surface area contributed by atoms with Crippen LogP contribution in [0, 0.1) is 0 Å². The molecule has 8 nitrogen and oxygen atoms in total. The van der Waals surface area contributed by atoms with Crippen LogP contribution in [-0.4, -0.2) is 40.4 Å². The molecule has 0 aromatic heterocycles. The first-order chi connectivity index (χ1) is 18.4. The van der Waals surface area contributed by atoms with Gasteiger partial charge in [-0.25, -0.2) is 9.59 Å². The van der Waals surface area contributed by atoms with E-state index in [-0.39, 0.29) is 13.2 Å². The van der Waals surface area contributed by atoms with Gasteiger partial charge in [0.1, 0.15) is 36.2 Å². The second-order valence-electron chi connectivity index (χ2n) is 7.90. The van der Waals surface area contributed by atoms with Crippen LogP contribution in [0.25, 0.3) is 12.2 Å². The van der Waals surface area contributed by atoms with E-state index in [9.17, 15) is 9.59 Å². The zero-order chi connectivity index (χ0) is 27.3. The first-order valence-corrected chi connectivity index (χ1v) is 11.7. The van der Waals surface area contributed by atoms with Gasteiger partial charge in [-0.05, 0) is 59.7 Å². The summed E-state index contributed by atoms with van der Waals surface area (Å²) in [6.45, 7) is -0.0635. The molecule has 0 aliphatic carbocycles. The number of methoxy groups -OCH3 is 4. The maximum Gasteiger partial charge on any atom is 0.331 e. The Morgan fingerprint density at radius 2 is 0.947 bits per heavy atom. The Labute approximate surface area is 222 Å². The van der Waals surface area contributed by atoms with Crippen LogP contribution in [0.15, 0.2) is 72.8 Å². The average molecular weight is 519 g/mol. The van der Waals surface area contributed by atoms with Gasteiger partial charge in [-0.1, -0.05) is 24.3 Å². The number of benzene rings is 3. The van der Waals surface area contributed by atoms with Crippen LogP contribution in [0.5, 0.6) is 23.0 Å². The number of hydrogen-bond acceptors (Lipinski definition) is 8. The summed E-state index contributed by atoms with van der Waals surface area (Å²) >= 11 is 0. The quantitative estimate of drug-likeness (QED) is 0.238. The van der Waals surface area contributed by atoms with Crippen LogP contribution in [0.1, 0.15) is 22.3 Å². The molecule has 0 unspecified atom stereocenters. The van der Waals surface area contributed by atoms with Gasteiger partial charge in [0, 0.05) is 23.3 Å².